The zero-order valence-electron chi connectivity index (χ0n) is 17.3. The molecule has 1 aromatic heterocycles. The van der Waals surface area contributed by atoms with Crippen molar-refractivity contribution in [1.82, 2.24) is 15.1 Å². The van der Waals surface area contributed by atoms with Crippen molar-refractivity contribution in [2.45, 2.75) is 13.1 Å². The van der Waals surface area contributed by atoms with E-state index >= 15 is 0 Å². The third-order valence-electron chi connectivity index (χ3n) is 5.06. The monoisotopic (exact) mass is 435 g/mol. The van der Waals surface area contributed by atoms with Gasteiger partial charge in [0.1, 0.15) is 11.5 Å². The Morgan fingerprint density at radius 3 is 2.71 bits per heavy atom. The smallest absolute Gasteiger partial charge is 0.251 e. The van der Waals surface area contributed by atoms with Crippen LogP contribution in [0.1, 0.15) is 21.5 Å². The van der Waals surface area contributed by atoms with Crippen molar-refractivity contribution in [3.63, 3.8) is 0 Å². The molecule has 0 aliphatic rings. The van der Waals surface area contributed by atoms with Crippen LogP contribution in [-0.4, -0.2) is 29.9 Å². The number of fused-ring (bicyclic) bond motifs is 1. The number of methoxy groups -OCH3 is 2. The Balaban J connectivity index is 1.52. The molecule has 0 fully saturated rings. The molecular formula is C24H22ClN3O3. The second-order valence-electron chi connectivity index (χ2n) is 7.07. The van der Waals surface area contributed by atoms with E-state index in [-0.39, 0.29) is 5.91 Å². The first kappa shape index (κ1) is 20.8. The Kier molecular flexibility index (Phi) is 6.09. The second-order valence-corrected chi connectivity index (χ2v) is 7.50. The molecule has 1 amide bonds. The third-order valence-corrected chi connectivity index (χ3v) is 5.30. The van der Waals surface area contributed by atoms with Crippen LogP contribution in [0.5, 0.6) is 11.5 Å². The molecule has 0 saturated carbocycles. The molecule has 0 aliphatic carbocycles. The molecule has 0 unspecified atom stereocenters. The Hall–Kier alpha value is -3.51. The molecule has 4 rings (SSSR count). The van der Waals surface area contributed by atoms with Crippen molar-refractivity contribution in [1.29, 1.82) is 0 Å². The molecular weight excluding hydrogens is 414 g/mol. The molecule has 1 N–H and O–H groups in total. The minimum Gasteiger partial charge on any atom is -0.497 e. The van der Waals surface area contributed by atoms with Crippen LogP contribution in [0.4, 0.5) is 0 Å². The number of hydrogen-bond acceptors (Lipinski definition) is 4. The molecule has 0 radical (unpaired) electrons. The lowest BCUT2D eigenvalue weighted by Crippen LogP contribution is -2.23. The van der Waals surface area contributed by atoms with Crippen LogP contribution < -0.4 is 14.8 Å². The number of carbonyl (C=O) groups excluding carboxylic acids is 1. The van der Waals surface area contributed by atoms with E-state index in [0.29, 0.717) is 35.2 Å². The fourth-order valence-corrected chi connectivity index (χ4v) is 3.63. The fourth-order valence-electron chi connectivity index (χ4n) is 3.42. The first-order valence-corrected chi connectivity index (χ1v) is 10.1. The van der Waals surface area contributed by atoms with Gasteiger partial charge in [-0.1, -0.05) is 29.8 Å². The summed E-state index contributed by atoms with van der Waals surface area (Å²) in [6.45, 7) is 0.907. The highest BCUT2D eigenvalue weighted by Crippen LogP contribution is 2.24. The van der Waals surface area contributed by atoms with Gasteiger partial charge in [-0.2, -0.15) is 5.10 Å². The molecule has 31 heavy (non-hydrogen) atoms. The standard InChI is InChI=1S/C24H22ClN3O3/c1-30-21-9-8-19(23(12-21)31-2)13-26-24(29)17-6-7-18-14-27-28(22(18)11-17)15-16-4-3-5-20(25)10-16/h3-12,14H,13,15H2,1-2H3,(H,26,29). The van der Waals surface area contributed by atoms with Gasteiger partial charge in [0.25, 0.3) is 5.91 Å². The van der Waals surface area contributed by atoms with Crippen LogP contribution in [-0.2, 0) is 13.1 Å². The number of nitrogens with one attached hydrogen (secondary N) is 1. The van der Waals surface area contributed by atoms with E-state index in [0.717, 1.165) is 22.0 Å². The Morgan fingerprint density at radius 2 is 1.94 bits per heavy atom. The fraction of sp³-hybridized carbons (Fsp3) is 0.167. The number of carbonyl (C=O) groups is 1. The highest BCUT2D eigenvalue weighted by atomic mass is 35.5. The maximum absolute atomic E-state index is 12.8. The number of halogens is 1. The van der Waals surface area contributed by atoms with E-state index < -0.39 is 0 Å². The van der Waals surface area contributed by atoms with Gasteiger partial charge in [-0.05, 0) is 42.0 Å². The molecule has 0 saturated heterocycles. The molecule has 4 aromatic rings. The molecule has 158 valence electrons. The summed E-state index contributed by atoms with van der Waals surface area (Å²) >= 11 is 6.10. The number of amides is 1. The lowest BCUT2D eigenvalue weighted by molar-refractivity contribution is 0.0951. The molecule has 0 bridgehead atoms. The van der Waals surface area contributed by atoms with Crippen molar-refractivity contribution < 1.29 is 14.3 Å². The minimum atomic E-state index is -0.171. The zero-order chi connectivity index (χ0) is 21.8. The van der Waals surface area contributed by atoms with Crippen LogP contribution in [0.3, 0.4) is 0 Å². The van der Waals surface area contributed by atoms with Crippen molar-refractivity contribution in [2.24, 2.45) is 0 Å². The first-order chi connectivity index (χ1) is 15.1. The van der Waals surface area contributed by atoms with Crippen molar-refractivity contribution in [2.75, 3.05) is 14.2 Å². The number of benzene rings is 3. The van der Waals surface area contributed by atoms with Crippen LogP contribution in [0.15, 0.2) is 66.9 Å². The van der Waals surface area contributed by atoms with E-state index in [1.54, 1.807) is 32.5 Å². The van der Waals surface area contributed by atoms with E-state index in [9.17, 15) is 4.79 Å². The highest BCUT2D eigenvalue weighted by molar-refractivity contribution is 6.30. The van der Waals surface area contributed by atoms with Crippen LogP contribution >= 0.6 is 11.6 Å². The van der Waals surface area contributed by atoms with Crippen LogP contribution in [0.2, 0.25) is 5.02 Å². The maximum atomic E-state index is 12.8. The number of rotatable bonds is 7. The van der Waals surface area contributed by atoms with Crippen molar-refractivity contribution in [3.8, 4) is 11.5 Å². The second kappa shape index (κ2) is 9.10. The van der Waals surface area contributed by atoms with Crippen molar-refractivity contribution in [3.05, 3.63) is 88.6 Å². The molecule has 3 aromatic carbocycles. The average molecular weight is 436 g/mol. The topological polar surface area (TPSA) is 65.4 Å². The van der Waals surface area contributed by atoms with Crippen LogP contribution in [0, 0.1) is 0 Å². The van der Waals surface area contributed by atoms with Crippen molar-refractivity contribution >= 4 is 28.4 Å². The lowest BCUT2D eigenvalue weighted by Gasteiger charge is -2.11. The van der Waals surface area contributed by atoms with E-state index in [1.807, 2.05) is 53.2 Å². The Labute approximate surface area is 185 Å². The summed E-state index contributed by atoms with van der Waals surface area (Å²) in [5.74, 6) is 1.19. The van der Waals surface area contributed by atoms with Gasteiger partial charge in [-0.25, -0.2) is 0 Å². The van der Waals surface area contributed by atoms with Crippen LogP contribution in [0.25, 0.3) is 10.9 Å². The van der Waals surface area contributed by atoms with Gasteiger partial charge < -0.3 is 14.8 Å². The zero-order valence-corrected chi connectivity index (χ0v) is 18.0. The number of nitrogens with zero attached hydrogens (tertiary/aromatic N) is 2. The van der Waals surface area contributed by atoms with Gasteiger partial charge in [0, 0.05) is 34.1 Å². The van der Waals surface area contributed by atoms with E-state index in [1.165, 1.54) is 0 Å². The predicted octanol–water partition coefficient (Wildman–Crippen LogP) is 4.69. The summed E-state index contributed by atoms with van der Waals surface area (Å²) in [6, 6.07) is 18.7. The summed E-state index contributed by atoms with van der Waals surface area (Å²) in [5.41, 5.74) is 3.35. The summed E-state index contributed by atoms with van der Waals surface area (Å²) < 4.78 is 12.5. The lowest BCUT2D eigenvalue weighted by atomic mass is 10.1. The average Bonchev–Trinajstić information content (AvgIpc) is 3.19. The molecule has 0 aliphatic heterocycles. The summed E-state index contributed by atoms with van der Waals surface area (Å²) in [5, 5.41) is 9.07. The molecule has 6 nitrogen and oxygen atoms in total. The highest BCUT2D eigenvalue weighted by Gasteiger charge is 2.12. The summed E-state index contributed by atoms with van der Waals surface area (Å²) in [7, 11) is 3.19. The van der Waals surface area contributed by atoms with Gasteiger partial charge in [-0.3, -0.25) is 9.48 Å². The number of aromatic nitrogens is 2. The first-order valence-electron chi connectivity index (χ1n) is 9.76. The Bertz CT molecular complexity index is 1240. The summed E-state index contributed by atoms with van der Waals surface area (Å²) in [4.78, 5) is 12.8. The Morgan fingerprint density at radius 1 is 1.06 bits per heavy atom. The van der Waals surface area contributed by atoms with Gasteiger partial charge >= 0.3 is 0 Å². The minimum absolute atomic E-state index is 0.171. The maximum Gasteiger partial charge on any atom is 0.251 e. The van der Waals surface area contributed by atoms with E-state index in [2.05, 4.69) is 10.4 Å². The molecule has 1 heterocycles. The number of hydrogen-bond donors (Lipinski definition) is 1. The third kappa shape index (κ3) is 4.64. The molecule has 0 spiro atoms. The number of ether oxygens (including phenoxy) is 2. The van der Waals surface area contributed by atoms with E-state index in [4.69, 9.17) is 21.1 Å². The molecule has 7 heteroatoms. The predicted molar refractivity (Wildman–Crippen MR) is 121 cm³/mol. The largest absolute Gasteiger partial charge is 0.497 e. The summed E-state index contributed by atoms with van der Waals surface area (Å²) in [6.07, 6.45) is 1.80. The quantitative estimate of drug-likeness (QED) is 0.457. The molecule has 0 atom stereocenters. The SMILES string of the molecule is COc1ccc(CNC(=O)c2ccc3cnn(Cc4cccc(Cl)c4)c3c2)c(OC)c1. The van der Waals surface area contributed by atoms with Gasteiger partial charge in [0.05, 0.1) is 32.5 Å². The van der Waals surface area contributed by atoms with Gasteiger partial charge in [0.2, 0.25) is 0 Å². The van der Waals surface area contributed by atoms with Gasteiger partial charge in [0.15, 0.2) is 0 Å². The van der Waals surface area contributed by atoms with Gasteiger partial charge in [-0.15, -0.1) is 0 Å². The normalized spacial score (nSPS) is 10.8.